The first-order valence-corrected chi connectivity index (χ1v) is 16.6. The molecular formula is C33H11BF20O3S. The highest BCUT2D eigenvalue weighted by Crippen LogP contribution is 2.30. The van der Waals surface area contributed by atoms with E-state index in [1.54, 1.807) is 18.2 Å². The molecule has 5 aromatic carbocycles. The zero-order valence-electron chi connectivity index (χ0n) is 27.6. The third-order valence-corrected chi connectivity index (χ3v) is 8.58. The molecule has 310 valence electrons. The van der Waals surface area contributed by atoms with Gasteiger partial charge in [0.1, 0.15) is 65.2 Å². The molecular weight excluding hydrogens is 867 g/mol. The molecule has 0 aliphatic heterocycles. The van der Waals surface area contributed by atoms with Crippen molar-refractivity contribution in [2.24, 2.45) is 0 Å². The van der Waals surface area contributed by atoms with Crippen LogP contribution in [0.4, 0.5) is 87.8 Å². The van der Waals surface area contributed by atoms with Crippen LogP contribution in [-0.4, -0.2) is 29.7 Å². The first-order valence-electron chi connectivity index (χ1n) is 14.6. The lowest BCUT2D eigenvalue weighted by atomic mass is 9.12. The number of aromatic carboxylic acids is 1. The number of benzene rings is 5. The lowest BCUT2D eigenvalue weighted by Gasteiger charge is -2.44. The van der Waals surface area contributed by atoms with Crippen molar-refractivity contribution < 1.29 is 102 Å². The fraction of sp³-hybridized carbons (Fsp3) is 0.0606. The zero-order chi connectivity index (χ0) is 44.2. The minimum atomic E-state index is -7.22. The largest absolute Gasteiger partial charge is 0.478 e. The number of carboxylic acid groups (broad SMARTS) is 1. The molecule has 0 atom stereocenters. The van der Waals surface area contributed by atoms with Gasteiger partial charge in [-0.3, -0.25) is 4.18 Å². The van der Waals surface area contributed by atoms with Crippen LogP contribution in [0.2, 0.25) is 0 Å². The Labute approximate surface area is 311 Å². The van der Waals surface area contributed by atoms with Crippen molar-refractivity contribution in [1.82, 2.24) is 0 Å². The van der Waals surface area contributed by atoms with Crippen LogP contribution in [0.3, 0.4) is 0 Å². The van der Waals surface area contributed by atoms with Crippen LogP contribution >= 0.6 is 0 Å². The summed E-state index contributed by atoms with van der Waals surface area (Å²) in [4.78, 5) is 10.6. The molecule has 0 bridgehead atoms. The second-order valence-electron chi connectivity index (χ2n) is 11.5. The van der Waals surface area contributed by atoms with Crippen molar-refractivity contribution in [3.8, 4) is 5.75 Å². The first kappa shape index (κ1) is 45.1. The highest BCUT2D eigenvalue weighted by molar-refractivity contribution is 7.91. The predicted molar refractivity (Wildman–Crippen MR) is 162 cm³/mol. The van der Waals surface area contributed by atoms with Crippen molar-refractivity contribution in [3.63, 3.8) is 0 Å². The number of halogens is 20. The maximum atomic E-state index is 15.4. The number of hydrogen-bond acceptors (Lipinski definition) is 2. The Bertz CT molecular complexity index is 2130. The summed E-state index contributed by atoms with van der Waals surface area (Å²) in [6.07, 6.45) is -3.37. The van der Waals surface area contributed by atoms with Crippen LogP contribution in [0.15, 0.2) is 24.3 Å². The van der Waals surface area contributed by atoms with Gasteiger partial charge in [0.2, 0.25) is 0 Å². The van der Waals surface area contributed by atoms with E-state index in [1.807, 2.05) is 12.5 Å². The topological polar surface area (TPSA) is 46.5 Å². The second kappa shape index (κ2) is 16.3. The molecule has 5 rings (SSSR count). The van der Waals surface area contributed by atoms with Crippen molar-refractivity contribution in [2.45, 2.75) is 0 Å². The number of hydrogen-bond donors (Lipinski definition) is 1. The Morgan fingerprint density at radius 2 is 0.655 bits per heavy atom. The van der Waals surface area contributed by atoms with Crippen LogP contribution < -0.4 is 26.0 Å². The Morgan fingerprint density at radius 1 is 0.431 bits per heavy atom. The van der Waals surface area contributed by atoms with E-state index in [4.69, 9.17) is 9.29 Å². The summed E-state index contributed by atoms with van der Waals surface area (Å²) >= 11 is -0.181. The van der Waals surface area contributed by atoms with Crippen LogP contribution in [0.5, 0.6) is 5.75 Å². The molecule has 1 N–H and O–H groups in total. The van der Waals surface area contributed by atoms with Gasteiger partial charge in [-0.25, -0.2) is 92.6 Å². The summed E-state index contributed by atoms with van der Waals surface area (Å²) in [6.45, 7) is 0. The van der Waals surface area contributed by atoms with E-state index in [1.165, 1.54) is 6.07 Å². The molecule has 0 heterocycles. The molecule has 25 heteroatoms. The van der Waals surface area contributed by atoms with Gasteiger partial charge < -0.3 is 5.11 Å². The Morgan fingerprint density at radius 3 is 0.862 bits per heavy atom. The number of carboxylic acids is 1. The van der Waals surface area contributed by atoms with E-state index in [0.717, 1.165) is 0 Å². The molecule has 0 fully saturated rings. The Kier molecular flexibility index (Phi) is 12.7. The van der Waals surface area contributed by atoms with Crippen LogP contribution in [-0.2, 0) is 11.2 Å². The van der Waals surface area contributed by atoms with Crippen molar-refractivity contribution in [2.75, 3.05) is 12.5 Å². The van der Waals surface area contributed by atoms with E-state index in [-0.39, 0.29) is 16.7 Å². The molecule has 3 nitrogen and oxygen atoms in total. The summed E-state index contributed by atoms with van der Waals surface area (Å²) in [6, 6.07) is 6.49. The highest BCUT2D eigenvalue weighted by atomic mass is 32.2. The number of carbonyl (C=O) groups is 1. The minimum absolute atomic E-state index is 0.181. The normalized spacial score (nSPS) is 11.6. The third-order valence-electron chi connectivity index (χ3n) is 8.05. The van der Waals surface area contributed by atoms with Crippen LogP contribution in [0.1, 0.15) is 10.4 Å². The van der Waals surface area contributed by atoms with Gasteiger partial charge in [0.05, 0.1) is 5.56 Å². The molecule has 0 amide bonds. The van der Waals surface area contributed by atoms with Gasteiger partial charge in [0.15, 0.2) is 86.7 Å². The molecule has 0 spiro atoms. The zero-order valence-corrected chi connectivity index (χ0v) is 28.4. The third kappa shape index (κ3) is 7.01. The fourth-order valence-corrected chi connectivity index (χ4v) is 6.24. The van der Waals surface area contributed by atoms with Gasteiger partial charge in [-0.15, -0.1) is 21.9 Å². The maximum absolute atomic E-state index is 15.4. The van der Waals surface area contributed by atoms with E-state index < -0.39 is 150 Å². The maximum Gasteiger partial charge on any atom is 0.335 e. The van der Waals surface area contributed by atoms with E-state index in [2.05, 4.69) is 0 Å². The molecule has 5 aromatic rings. The summed E-state index contributed by atoms with van der Waals surface area (Å²) in [7, 11) is 0. The predicted octanol–water partition coefficient (Wildman–Crippen LogP) is 7.40. The van der Waals surface area contributed by atoms with Gasteiger partial charge in [-0.05, 0) is 12.1 Å². The molecule has 0 saturated heterocycles. The molecule has 0 aliphatic carbocycles. The van der Waals surface area contributed by atoms with Gasteiger partial charge in [0, 0.05) is 6.07 Å². The fourth-order valence-electron chi connectivity index (χ4n) is 5.75. The Hall–Kier alpha value is -5.62. The van der Waals surface area contributed by atoms with Crippen molar-refractivity contribution in [3.05, 3.63) is 146 Å². The number of rotatable bonds is 7. The molecule has 0 saturated carbocycles. The summed E-state index contributed by atoms with van der Waals surface area (Å²) in [5.74, 6) is -71.7. The molecule has 58 heavy (non-hydrogen) atoms. The quantitative estimate of drug-likeness (QED) is 0.0610. The summed E-state index contributed by atoms with van der Waals surface area (Å²) < 4.78 is 299. The van der Waals surface area contributed by atoms with Gasteiger partial charge in [-0.1, -0.05) is 6.07 Å². The molecule has 0 radical (unpaired) electrons. The Balaban J connectivity index is 0.000000486. The van der Waals surface area contributed by atoms with Gasteiger partial charge in [0.25, 0.3) is 0 Å². The first-order chi connectivity index (χ1) is 26.8. The van der Waals surface area contributed by atoms with E-state index >= 15 is 35.1 Å². The average Bonchev–Trinajstić information content (AvgIpc) is 3.17. The summed E-state index contributed by atoms with van der Waals surface area (Å²) in [5, 5.41) is 8.69. The summed E-state index contributed by atoms with van der Waals surface area (Å²) in [5.41, 5.74) is -14.1. The van der Waals surface area contributed by atoms with Gasteiger partial charge >= 0.3 is 5.97 Å². The molecule has 0 aromatic heterocycles. The monoisotopic (exact) mass is 878 g/mol. The standard InChI is InChI=1S/C24BF20.C9H10O3S/c26-5-1(6(27)14(35)21(42)13(5)34)25(2-7(28)15(36)22(43)16(37)8(2)29,3-9(30)17(38)23(44)18(39)10(3)31)4-11(32)19(40)24(45)20(41)12(4)33;1-13(2)12-8-5-3-4-7(6-8)9(10)11/h;3-6H,1-2H3/q-1;/p+1. The minimum Gasteiger partial charge on any atom is -0.478 e. The smallest absolute Gasteiger partial charge is 0.335 e. The second-order valence-corrected chi connectivity index (χ2v) is 13.1. The van der Waals surface area contributed by atoms with Crippen LogP contribution in [0.25, 0.3) is 0 Å². The van der Waals surface area contributed by atoms with Crippen LogP contribution in [0, 0.1) is 116 Å². The van der Waals surface area contributed by atoms with E-state index in [0.29, 0.717) is 5.75 Å². The lowest BCUT2D eigenvalue weighted by Crippen LogP contribution is -2.81. The van der Waals surface area contributed by atoms with Crippen molar-refractivity contribution in [1.29, 1.82) is 0 Å². The van der Waals surface area contributed by atoms with Gasteiger partial charge in [-0.2, -0.15) is 0 Å². The highest BCUT2D eigenvalue weighted by Gasteiger charge is 2.52. The molecule has 0 aliphatic rings. The molecule has 0 unspecified atom stereocenters. The van der Waals surface area contributed by atoms with Crippen molar-refractivity contribution >= 4 is 45.1 Å². The average molecular weight is 878 g/mol. The SMILES string of the molecule is C[S+](C)Oc1cccc(C(=O)O)c1.Fc1c(F)c(F)c([B-](c2c(F)c(F)c(F)c(F)c2F)(c2c(F)c(F)c(F)c(F)c2F)c2c(F)c(F)c(F)c(F)c2F)c(F)c1F. The van der Waals surface area contributed by atoms with E-state index in [9.17, 15) is 57.5 Å². The lowest BCUT2D eigenvalue weighted by molar-refractivity contribution is 0.0696.